The van der Waals surface area contributed by atoms with Crippen molar-refractivity contribution in [2.45, 2.75) is 51.7 Å². The number of hydrogen-bond acceptors (Lipinski definition) is 6. The van der Waals surface area contributed by atoms with E-state index >= 15 is 0 Å². The zero-order chi connectivity index (χ0) is 20.4. The predicted octanol–water partition coefficient (Wildman–Crippen LogP) is 3.13. The highest BCUT2D eigenvalue weighted by Crippen LogP contribution is 2.26. The SMILES string of the molecule is CC(C)C(=O)Nc1cccc2c1cnn2-c1ccnc(N[C@H]2CC[C@H](O)CC2)n1. The molecule has 1 aromatic carbocycles. The molecule has 0 bridgehead atoms. The largest absolute Gasteiger partial charge is 0.393 e. The molecule has 1 aliphatic carbocycles. The Bertz CT molecular complexity index is 1010. The first-order valence-corrected chi connectivity index (χ1v) is 10.1. The van der Waals surface area contributed by atoms with Crippen molar-refractivity contribution in [2.75, 3.05) is 10.6 Å². The lowest BCUT2D eigenvalue weighted by Gasteiger charge is -2.26. The first-order chi connectivity index (χ1) is 14.0. The number of fused-ring (bicyclic) bond motifs is 1. The fourth-order valence-corrected chi connectivity index (χ4v) is 3.56. The highest BCUT2D eigenvalue weighted by molar-refractivity contribution is 6.01. The summed E-state index contributed by atoms with van der Waals surface area (Å²) < 4.78 is 1.75. The first-order valence-electron chi connectivity index (χ1n) is 10.1. The Morgan fingerprint density at radius 2 is 2.00 bits per heavy atom. The van der Waals surface area contributed by atoms with Gasteiger partial charge in [-0.3, -0.25) is 4.79 Å². The van der Waals surface area contributed by atoms with E-state index in [1.807, 2.05) is 38.1 Å². The molecule has 3 aromatic rings. The third-order valence-electron chi connectivity index (χ3n) is 5.28. The number of aromatic nitrogens is 4. The summed E-state index contributed by atoms with van der Waals surface area (Å²) in [5, 5.41) is 21.4. The molecule has 8 nitrogen and oxygen atoms in total. The van der Waals surface area contributed by atoms with E-state index in [4.69, 9.17) is 0 Å². The Kier molecular flexibility index (Phi) is 5.44. The molecule has 3 N–H and O–H groups in total. The average molecular weight is 394 g/mol. The van der Waals surface area contributed by atoms with Gasteiger partial charge in [0.25, 0.3) is 0 Å². The van der Waals surface area contributed by atoms with E-state index < -0.39 is 0 Å². The van der Waals surface area contributed by atoms with Crippen LogP contribution in [0.5, 0.6) is 0 Å². The van der Waals surface area contributed by atoms with Crippen LogP contribution in [0.15, 0.2) is 36.7 Å². The Balaban J connectivity index is 1.59. The first kappa shape index (κ1) is 19.3. The van der Waals surface area contributed by atoms with Crippen molar-refractivity contribution in [1.82, 2.24) is 19.7 Å². The van der Waals surface area contributed by atoms with Gasteiger partial charge in [0, 0.05) is 29.6 Å². The number of benzene rings is 1. The van der Waals surface area contributed by atoms with Gasteiger partial charge in [-0.25, -0.2) is 9.67 Å². The van der Waals surface area contributed by atoms with Gasteiger partial charge in [-0.2, -0.15) is 10.1 Å². The van der Waals surface area contributed by atoms with Gasteiger partial charge in [-0.05, 0) is 37.8 Å². The van der Waals surface area contributed by atoms with E-state index in [2.05, 4.69) is 25.7 Å². The zero-order valence-corrected chi connectivity index (χ0v) is 16.7. The van der Waals surface area contributed by atoms with E-state index in [1.165, 1.54) is 0 Å². The van der Waals surface area contributed by atoms with Crippen LogP contribution in [0.2, 0.25) is 0 Å². The number of anilines is 2. The number of rotatable bonds is 5. The van der Waals surface area contributed by atoms with Gasteiger partial charge in [0.2, 0.25) is 11.9 Å². The van der Waals surface area contributed by atoms with E-state index in [9.17, 15) is 9.90 Å². The quantitative estimate of drug-likeness (QED) is 0.614. The molecule has 1 aliphatic rings. The highest BCUT2D eigenvalue weighted by atomic mass is 16.3. The maximum atomic E-state index is 12.1. The van der Waals surface area contributed by atoms with Crippen LogP contribution < -0.4 is 10.6 Å². The van der Waals surface area contributed by atoms with Gasteiger partial charge in [-0.1, -0.05) is 19.9 Å². The Hall–Kier alpha value is -3.00. The lowest BCUT2D eigenvalue weighted by molar-refractivity contribution is -0.118. The molecule has 1 fully saturated rings. The topological polar surface area (TPSA) is 105 Å². The molecule has 1 amide bonds. The second kappa shape index (κ2) is 8.16. The van der Waals surface area contributed by atoms with E-state index in [-0.39, 0.29) is 24.0 Å². The molecule has 0 aliphatic heterocycles. The molecule has 152 valence electrons. The van der Waals surface area contributed by atoms with Crippen LogP contribution in [0.3, 0.4) is 0 Å². The summed E-state index contributed by atoms with van der Waals surface area (Å²) in [4.78, 5) is 21.1. The van der Waals surface area contributed by atoms with Gasteiger partial charge >= 0.3 is 0 Å². The molecule has 0 saturated heterocycles. The van der Waals surface area contributed by atoms with Crippen molar-refractivity contribution in [3.05, 3.63) is 36.7 Å². The monoisotopic (exact) mass is 394 g/mol. The highest BCUT2D eigenvalue weighted by Gasteiger charge is 2.20. The van der Waals surface area contributed by atoms with Gasteiger partial charge in [-0.15, -0.1) is 0 Å². The van der Waals surface area contributed by atoms with Crippen LogP contribution in [0, 0.1) is 5.92 Å². The summed E-state index contributed by atoms with van der Waals surface area (Å²) >= 11 is 0. The van der Waals surface area contributed by atoms with Crippen molar-refractivity contribution in [3.8, 4) is 5.82 Å². The van der Waals surface area contributed by atoms with Crippen molar-refractivity contribution in [3.63, 3.8) is 0 Å². The number of carbonyl (C=O) groups is 1. The van der Waals surface area contributed by atoms with Crippen LogP contribution in [0.25, 0.3) is 16.7 Å². The molecular weight excluding hydrogens is 368 g/mol. The van der Waals surface area contributed by atoms with E-state index in [0.29, 0.717) is 11.8 Å². The van der Waals surface area contributed by atoms with Crippen LogP contribution in [-0.4, -0.2) is 42.9 Å². The number of amides is 1. The molecule has 4 rings (SSSR count). The number of nitrogens with zero attached hydrogens (tertiary/aromatic N) is 4. The van der Waals surface area contributed by atoms with Crippen molar-refractivity contribution >= 4 is 28.4 Å². The summed E-state index contributed by atoms with van der Waals surface area (Å²) in [6.45, 7) is 3.72. The van der Waals surface area contributed by atoms with Crippen molar-refractivity contribution in [2.24, 2.45) is 5.92 Å². The van der Waals surface area contributed by atoms with Crippen LogP contribution in [-0.2, 0) is 4.79 Å². The maximum Gasteiger partial charge on any atom is 0.226 e. The third kappa shape index (κ3) is 4.22. The lowest BCUT2D eigenvalue weighted by atomic mass is 9.93. The van der Waals surface area contributed by atoms with Crippen molar-refractivity contribution < 1.29 is 9.90 Å². The molecule has 2 heterocycles. The molecule has 0 radical (unpaired) electrons. The summed E-state index contributed by atoms with van der Waals surface area (Å²) in [7, 11) is 0. The van der Waals surface area contributed by atoms with Gasteiger partial charge < -0.3 is 15.7 Å². The smallest absolute Gasteiger partial charge is 0.226 e. The van der Waals surface area contributed by atoms with Crippen molar-refractivity contribution in [1.29, 1.82) is 0 Å². The van der Waals surface area contributed by atoms with Crippen LogP contribution >= 0.6 is 0 Å². The van der Waals surface area contributed by atoms with E-state index in [0.717, 1.165) is 42.3 Å². The average Bonchev–Trinajstić information content (AvgIpc) is 3.15. The molecule has 0 spiro atoms. The molecular formula is C21H26N6O2. The normalized spacial score (nSPS) is 19.4. The van der Waals surface area contributed by atoms with Crippen LogP contribution in [0.1, 0.15) is 39.5 Å². The molecule has 0 atom stereocenters. The minimum Gasteiger partial charge on any atom is -0.393 e. The lowest BCUT2D eigenvalue weighted by Crippen LogP contribution is -2.29. The summed E-state index contributed by atoms with van der Waals surface area (Å²) in [5.41, 5.74) is 1.60. The van der Waals surface area contributed by atoms with Gasteiger partial charge in [0.1, 0.15) is 0 Å². The fraction of sp³-hybridized carbons (Fsp3) is 0.429. The molecule has 8 heteroatoms. The second-order valence-corrected chi connectivity index (χ2v) is 7.83. The minimum absolute atomic E-state index is 0.0311. The molecule has 2 aromatic heterocycles. The Morgan fingerprint density at radius 1 is 1.21 bits per heavy atom. The molecule has 1 saturated carbocycles. The number of aliphatic hydroxyl groups excluding tert-OH is 1. The number of carbonyl (C=O) groups excluding carboxylic acids is 1. The fourth-order valence-electron chi connectivity index (χ4n) is 3.56. The number of hydrogen-bond donors (Lipinski definition) is 3. The third-order valence-corrected chi connectivity index (χ3v) is 5.28. The van der Waals surface area contributed by atoms with Gasteiger partial charge in [0.15, 0.2) is 5.82 Å². The molecule has 0 unspecified atom stereocenters. The standard InChI is InChI=1S/C21H26N6O2/c1-13(2)20(29)25-17-4-3-5-18-16(17)12-23-27(18)19-10-11-22-21(26-19)24-14-6-8-15(28)9-7-14/h3-5,10-15,28H,6-9H2,1-2H3,(H,25,29)(H,22,24,26)/t14-,15-. The molecule has 29 heavy (non-hydrogen) atoms. The number of nitrogens with one attached hydrogen (secondary N) is 2. The second-order valence-electron chi connectivity index (χ2n) is 7.83. The predicted molar refractivity (Wildman–Crippen MR) is 112 cm³/mol. The maximum absolute atomic E-state index is 12.1. The van der Waals surface area contributed by atoms with Gasteiger partial charge in [0.05, 0.1) is 23.5 Å². The summed E-state index contributed by atoms with van der Waals surface area (Å²) in [5.74, 6) is 1.07. The van der Waals surface area contributed by atoms with Crippen LogP contribution in [0.4, 0.5) is 11.6 Å². The Morgan fingerprint density at radius 3 is 2.76 bits per heavy atom. The summed E-state index contributed by atoms with van der Waals surface area (Å²) in [6, 6.07) is 7.79. The summed E-state index contributed by atoms with van der Waals surface area (Å²) in [6.07, 6.45) is 6.65. The zero-order valence-electron chi connectivity index (χ0n) is 16.7. The Labute approximate surface area is 169 Å². The minimum atomic E-state index is -0.193. The van der Waals surface area contributed by atoms with E-state index in [1.54, 1.807) is 17.1 Å². The number of aliphatic hydroxyl groups is 1.